The number of carboxylic acid groups (broad SMARTS) is 1. The molecule has 2 N–H and O–H groups in total. The molecule has 0 aliphatic carbocycles. The lowest BCUT2D eigenvalue weighted by atomic mass is 9.86. The number of amides is 2. The average Bonchev–Trinajstić information content (AvgIpc) is 3.14. The Bertz CT molecular complexity index is 915. The summed E-state index contributed by atoms with van der Waals surface area (Å²) in [6.07, 6.45) is 0.904. The quantitative estimate of drug-likeness (QED) is 0.675. The zero-order valence-corrected chi connectivity index (χ0v) is 19.3. The summed E-state index contributed by atoms with van der Waals surface area (Å²) in [5.41, 5.74) is 0.764. The van der Waals surface area contributed by atoms with Gasteiger partial charge in [-0.25, -0.2) is 4.79 Å². The molecule has 3 rings (SSSR count). The first-order valence-corrected chi connectivity index (χ1v) is 10.7. The number of piperidine rings is 1. The zero-order valence-electron chi connectivity index (χ0n) is 19.3. The molecule has 0 aromatic carbocycles. The van der Waals surface area contributed by atoms with E-state index in [1.165, 1.54) is 0 Å². The van der Waals surface area contributed by atoms with Gasteiger partial charge in [-0.15, -0.1) is 0 Å². The normalized spacial score (nSPS) is 20.1. The van der Waals surface area contributed by atoms with Crippen LogP contribution in [0.4, 0.5) is 13.2 Å². The SMILES string of the molecule is CC(C)(C)CC(=O)N1CCCC2(CC(C(=O)NCc3ccncc3)=NO2)C1.O=C(O)C(F)(F)F. The minimum atomic E-state index is -5.08. The Morgan fingerprint density at radius 1 is 1.21 bits per heavy atom. The molecule has 188 valence electrons. The molecule has 2 aliphatic heterocycles. The number of hydrogen-bond acceptors (Lipinski definition) is 6. The third-order valence-electron chi connectivity index (χ3n) is 5.12. The van der Waals surface area contributed by atoms with Gasteiger partial charge in [-0.3, -0.25) is 14.6 Å². The lowest BCUT2D eigenvalue weighted by Crippen LogP contribution is -2.51. The first kappa shape index (κ1) is 27.1. The number of alkyl halides is 3. The number of pyridine rings is 1. The topological polar surface area (TPSA) is 121 Å². The van der Waals surface area contributed by atoms with Crippen LogP contribution in [0.5, 0.6) is 0 Å². The molecule has 2 amide bonds. The Labute approximate surface area is 195 Å². The molecule has 2 aliphatic rings. The fraction of sp³-hybridized carbons (Fsp3) is 0.591. The highest BCUT2D eigenvalue weighted by Crippen LogP contribution is 2.34. The van der Waals surface area contributed by atoms with Crippen molar-refractivity contribution in [3.05, 3.63) is 30.1 Å². The Morgan fingerprint density at radius 2 is 1.82 bits per heavy atom. The van der Waals surface area contributed by atoms with E-state index in [4.69, 9.17) is 14.7 Å². The molecule has 0 bridgehead atoms. The number of likely N-dealkylation sites (tertiary alicyclic amines) is 1. The molecule has 1 aromatic heterocycles. The Morgan fingerprint density at radius 3 is 2.38 bits per heavy atom. The number of nitrogens with zero attached hydrogens (tertiary/aromatic N) is 3. The number of carbonyl (C=O) groups excluding carboxylic acids is 2. The summed E-state index contributed by atoms with van der Waals surface area (Å²) in [4.78, 5) is 45.4. The molecular weight excluding hydrogens is 457 g/mol. The molecule has 1 unspecified atom stereocenters. The van der Waals surface area contributed by atoms with Crippen LogP contribution < -0.4 is 5.32 Å². The van der Waals surface area contributed by atoms with Crippen LogP contribution in [0.1, 0.15) is 52.0 Å². The van der Waals surface area contributed by atoms with Gasteiger partial charge >= 0.3 is 12.1 Å². The van der Waals surface area contributed by atoms with E-state index in [-0.39, 0.29) is 17.2 Å². The zero-order chi connectivity index (χ0) is 25.6. The van der Waals surface area contributed by atoms with Crippen LogP contribution in [-0.2, 0) is 25.8 Å². The highest BCUT2D eigenvalue weighted by atomic mass is 19.4. The Hall–Kier alpha value is -3.18. The number of aliphatic carboxylic acids is 1. The average molecular weight is 486 g/mol. The summed E-state index contributed by atoms with van der Waals surface area (Å²) in [5.74, 6) is -2.84. The van der Waals surface area contributed by atoms with E-state index in [2.05, 4.69) is 36.2 Å². The maximum atomic E-state index is 12.6. The van der Waals surface area contributed by atoms with Gasteiger partial charge in [0.15, 0.2) is 5.60 Å². The minimum absolute atomic E-state index is 0.0489. The van der Waals surface area contributed by atoms with Crippen LogP contribution in [0.3, 0.4) is 0 Å². The van der Waals surface area contributed by atoms with Crippen LogP contribution in [-0.4, -0.2) is 63.4 Å². The number of carbonyl (C=O) groups is 3. The summed E-state index contributed by atoms with van der Waals surface area (Å²) in [5, 5.41) is 14.0. The van der Waals surface area contributed by atoms with E-state index < -0.39 is 17.7 Å². The van der Waals surface area contributed by atoms with Gasteiger partial charge in [0.2, 0.25) is 5.91 Å². The second kappa shape index (κ2) is 10.8. The van der Waals surface area contributed by atoms with Gasteiger partial charge in [-0.05, 0) is 36.0 Å². The smallest absolute Gasteiger partial charge is 0.475 e. The minimum Gasteiger partial charge on any atom is -0.475 e. The third-order valence-corrected chi connectivity index (χ3v) is 5.12. The van der Waals surface area contributed by atoms with Gasteiger partial charge in [0.1, 0.15) is 5.71 Å². The maximum Gasteiger partial charge on any atom is 0.490 e. The number of hydrogen-bond donors (Lipinski definition) is 2. The fourth-order valence-corrected chi connectivity index (χ4v) is 3.52. The van der Waals surface area contributed by atoms with E-state index in [1.54, 1.807) is 12.4 Å². The van der Waals surface area contributed by atoms with Crippen molar-refractivity contribution in [2.45, 2.75) is 64.8 Å². The van der Waals surface area contributed by atoms with E-state index >= 15 is 0 Å². The lowest BCUT2D eigenvalue weighted by molar-refractivity contribution is -0.192. The predicted molar refractivity (Wildman–Crippen MR) is 116 cm³/mol. The standard InChI is InChI=1S/C20H28N4O3.C2HF3O2/c1-19(2,3)12-17(25)24-10-4-7-20(14-24)11-16(23-27-20)18(26)22-13-15-5-8-21-9-6-15;3-2(4,5)1(6)7/h5-6,8-9H,4,7,10-14H2,1-3H3,(H,22,26);(H,6,7). The van der Waals surface area contributed by atoms with Gasteiger partial charge < -0.3 is 20.2 Å². The summed E-state index contributed by atoms with van der Waals surface area (Å²) in [6.45, 7) is 7.83. The van der Waals surface area contributed by atoms with Crippen LogP contribution in [0.15, 0.2) is 29.7 Å². The second-order valence-corrected chi connectivity index (χ2v) is 9.49. The van der Waals surface area contributed by atoms with Crippen molar-refractivity contribution >= 4 is 23.5 Å². The van der Waals surface area contributed by atoms with Crippen molar-refractivity contribution < 1.29 is 37.5 Å². The number of carboxylic acids is 1. The fourth-order valence-electron chi connectivity index (χ4n) is 3.52. The van der Waals surface area contributed by atoms with Crippen molar-refractivity contribution in [1.82, 2.24) is 15.2 Å². The lowest BCUT2D eigenvalue weighted by Gasteiger charge is -2.39. The van der Waals surface area contributed by atoms with Crippen molar-refractivity contribution in [1.29, 1.82) is 0 Å². The van der Waals surface area contributed by atoms with Crippen LogP contribution in [0, 0.1) is 5.41 Å². The summed E-state index contributed by atoms with van der Waals surface area (Å²) in [6, 6.07) is 3.71. The second-order valence-electron chi connectivity index (χ2n) is 9.49. The molecule has 1 saturated heterocycles. The molecule has 0 saturated carbocycles. The highest BCUT2D eigenvalue weighted by Gasteiger charge is 2.45. The monoisotopic (exact) mass is 486 g/mol. The van der Waals surface area contributed by atoms with Crippen molar-refractivity contribution in [3.8, 4) is 0 Å². The van der Waals surface area contributed by atoms with E-state index in [1.807, 2.05) is 17.0 Å². The predicted octanol–water partition coefficient (Wildman–Crippen LogP) is 2.90. The summed E-state index contributed by atoms with van der Waals surface area (Å²) < 4.78 is 31.7. The summed E-state index contributed by atoms with van der Waals surface area (Å²) >= 11 is 0. The van der Waals surface area contributed by atoms with Gasteiger partial charge in [-0.2, -0.15) is 13.2 Å². The van der Waals surface area contributed by atoms with Gasteiger partial charge in [0.05, 0.1) is 6.54 Å². The molecule has 9 nitrogen and oxygen atoms in total. The summed E-state index contributed by atoms with van der Waals surface area (Å²) in [7, 11) is 0. The maximum absolute atomic E-state index is 12.6. The Balaban J connectivity index is 0.000000509. The molecule has 12 heteroatoms. The first-order chi connectivity index (χ1) is 15.7. The molecule has 3 heterocycles. The van der Waals surface area contributed by atoms with E-state index in [9.17, 15) is 22.8 Å². The van der Waals surface area contributed by atoms with Crippen LogP contribution >= 0.6 is 0 Å². The van der Waals surface area contributed by atoms with Crippen molar-refractivity contribution in [3.63, 3.8) is 0 Å². The molecule has 34 heavy (non-hydrogen) atoms. The van der Waals surface area contributed by atoms with E-state index in [0.717, 1.165) is 24.9 Å². The molecule has 1 fully saturated rings. The van der Waals surface area contributed by atoms with Gasteiger partial charge in [0.25, 0.3) is 5.91 Å². The molecule has 1 aromatic rings. The van der Waals surface area contributed by atoms with Crippen molar-refractivity contribution in [2.75, 3.05) is 13.1 Å². The number of oxime groups is 1. The van der Waals surface area contributed by atoms with Crippen molar-refractivity contribution in [2.24, 2.45) is 10.6 Å². The number of halogens is 3. The molecule has 1 spiro atoms. The van der Waals surface area contributed by atoms with E-state index in [0.29, 0.717) is 31.6 Å². The number of rotatable bonds is 4. The largest absolute Gasteiger partial charge is 0.490 e. The first-order valence-electron chi connectivity index (χ1n) is 10.7. The third kappa shape index (κ3) is 8.31. The number of aromatic nitrogens is 1. The van der Waals surface area contributed by atoms with Crippen LogP contribution in [0.2, 0.25) is 0 Å². The molecular formula is C22H29F3N4O5. The van der Waals surface area contributed by atoms with Gasteiger partial charge in [-0.1, -0.05) is 25.9 Å². The Kier molecular flexibility index (Phi) is 8.62. The highest BCUT2D eigenvalue weighted by molar-refractivity contribution is 6.39. The van der Waals surface area contributed by atoms with Crippen LogP contribution in [0.25, 0.3) is 0 Å². The molecule has 1 atom stereocenters. The number of nitrogens with one attached hydrogen (secondary N) is 1. The van der Waals surface area contributed by atoms with Gasteiger partial charge in [0, 0.05) is 38.3 Å². The molecule has 0 radical (unpaired) electrons.